The van der Waals surface area contributed by atoms with Crippen LogP contribution >= 0.6 is 22.9 Å². The molecule has 2 aromatic carbocycles. The molecule has 0 radical (unpaired) electrons. The smallest absolute Gasteiger partial charge is 0.319 e. The molecule has 7 heterocycles. The molecule has 1 saturated carbocycles. The molecule has 1 amide bonds. The van der Waals surface area contributed by atoms with E-state index in [0.29, 0.717) is 57.2 Å². The Bertz CT molecular complexity index is 2280. The van der Waals surface area contributed by atoms with Crippen molar-refractivity contribution >= 4 is 60.7 Å². The fourth-order valence-corrected chi connectivity index (χ4v) is 10.8. The van der Waals surface area contributed by atoms with Gasteiger partial charge in [0.15, 0.2) is 11.6 Å². The van der Waals surface area contributed by atoms with Crippen LogP contribution in [0, 0.1) is 28.9 Å². The minimum absolute atomic E-state index is 0.0236. The number of nitrogens with one attached hydrogen (secondary N) is 1. The minimum Gasteiger partial charge on any atom is -0.491 e. The molecule has 0 spiro atoms. The number of anilines is 2. The number of likely N-dealkylation sites (tertiary alicyclic amines) is 1. The van der Waals surface area contributed by atoms with E-state index in [-0.39, 0.29) is 96.7 Å². The third-order valence-corrected chi connectivity index (χ3v) is 13.8. The van der Waals surface area contributed by atoms with Crippen LogP contribution in [0.1, 0.15) is 50.5 Å². The molecule has 4 aromatic rings. The van der Waals surface area contributed by atoms with E-state index in [1.807, 2.05) is 11.0 Å². The van der Waals surface area contributed by atoms with Gasteiger partial charge in [-0.1, -0.05) is 17.7 Å². The van der Waals surface area contributed by atoms with Crippen LogP contribution in [-0.4, -0.2) is 101 Å². The van der Waals surface area contributed by atoms with E-state index in [1.54, 1.807) is 0 Å². The number of nitrogen functional groups attached to an aromatic ring is 1. The number of amides is 1. The summed E-state index contributed by atoms with van der Waals surface area (Å²) >= 11 is 8.05. The van der Waals surface area contributed by atoms with Gasteiger partial charge >= 0.3 is 6.01 Å². The summed E-state index contributed by atoms with van der Waals surface area (Å²) in [6, 6.07) is 4.55. The lowest BCUT2D eigenvalue weighted by Crippen LogP contribution is -2.44. The van der Waals surface area contributed by atoms with Crippen LogP contribution in [0.15, 0.2) is 12.1 Å². The number of hydrogen-bond acceptors (Lipinski definition) is 11. The molecule has 0 bridgehead atoms. The van der Waals surface area contributed by atoms with Gasteiger partial charge in [-0.2, -0.15) is 15.2 Å². The van der Waals surface area contributed by atoms with Crippen LogP contribution in [0.5, 0.6) is 11.8 Å². The van der Waals surface area contributed by atoms with Crippen LogP contribution in [0.2, 0.25) is 5.02 Å². The molecule has 5 fully saturated rings. The zero-order chi connectivity index (χ0) is 37.0. The predicted molar refractivity (Wildman–Crippen MR) is 199 cm³/mol. The van der Waals surface area contributed by atoms with Crippen molar-refractivity contribution in [1.29, 1.82) is 5.26 Å². The number of ether oxygens (including phenoxy) is 2. The summed E-state index contributed by atoms with van der Waals surface area (Å²) in [4.78, 5) is 29.3. The fraction of sp³-hybridized carbons (Fsp3) is 0.526. The number of halogens is 4. The molecule has 2 aromatic heterocycles. The molecule has 16 heteroatoms. The maximum atomic E-state index is 17.5. The van der Waals surface area contributed by atoms with Crippen LogP contribution in [0.4, 0.5) is 24.0 Å². The summed E-state index contributed by atoms with van der Waals surface area (Å²) in [5.74, 6) is -0.193. The molecule has 3 unspecified atom stereocenters. The molecule has 4 saturated heterocycles. The molecule has 54 heavy (non-hydrogen) atoms. The zero-order valence-electron chi connectivity index (χ0n) is 29.3. The molecule has 11 nitrogen and oxygen atoms in total. The van der Waals surface area contributed by atoms with Crippen molar-refractivity contribution in [3.63, 3.8) is 0 Å². The highest BCUT2D eigenvalue weighted by Gasteiger charge is 2.53. The van der Waals surface area contributed by atoms with Crippen molar-refractivity contribution in [3.8, 4) is 29.0 Å². The molecule has 5 aliphatic heterocycles. The molecule has 1 aliphatic carbocycles. The number of thiophene rings is 1. The molecule has 5 atom stereocenters. The Morgan fingerprint density at radius 3 is 2.83 bits per heavy atom. The minimum atomic E-state index is -0.965. The number of fused-ring (bicyclic) bond motifs is 2. The van der Waals surface area contributed by atoms with Gasteiger partial charge in [-0.05, 0) is 62.6 Å². The molecular formula is C38H38ClF3N8O3S. The maximum absolute atomic E-state index is 17.5. The number of carbonyl (C=O) groups excluding carboxylic acids is 1. The Kier molecular flexibility index (Phi) is 8.10. The van der Waals surface area contributed by atoms with Crippen LogP contribution in [-0.2, 0) is 4.79 Å². The van der Waals surface area contributed by atoms with Gasteiger partial charge in [-0.25, -0.2) is 13.2 Å². The Balaban J connectivity index is 1.11. The number of hydrogen-bond donors (Lipinski definition) is 2. The van der Waals surface area contributed by atoms with E-state index in [2.05, 4.69) is 20.1 Å². The monoisotopic (exact) mass is 778 g/mol. The van der Waals surface area contributed by atoms with E-state index < -0.39 is 23.3 Å². The summed E-state index contributed by atoms with van der Waals surface area (Å²) in [5.41, 5.74) is 5.60. The second-order valence-electron chi connectivity index (χ2n) is 15.6. The van der Waals surface area contributed by atoms with Gasteiger partial charge in [0, 0.05) is 55.6 Å². The van der Waals surface area contributed by atoms with Gasteiger partial charge < -0.3 is 25.0 Å². The maximum Gasteiger partial charge on any atom is 0.319 e. The van der Waals surface area contributed by atoms with Crippen molar-refractivity contribution in [2.75, 3.05) is 56.6 Å². The average molecular weight is 779 g/mol. The average Bonchev–Trinajstić information content (AvgIpc) is 3.98. The van der Waals surface area contributed by atoms with Crippen molar-refractivity contribution < 1.29 is 27.4 Å². The first-order chi connectivity index (χ1) is 26.2. The SMILES string of the molecule is N#Cc1c(N)sc2c(F)ccc(-c3c(Cl)c4c5c(nc(OC[C@@]67CCCN6C[C@H](F)C7)nc5c3F)N(C3CCN(C(=O)C5NC5C5CC5)C3)CCCO4)c12. The lowest BCUT2D eigenvalue weighted by Gasteiger charge is -2.34. The number of nitriles is 1. The summed E-state index contributed by atoms with van der Waals surface area (Å²) in [5, 5.41) is 13.8. The van der Waals surface area contributed by atoms with Gasteiger partial charge in [0.2, 0.25) is 5.91 Å². The third-order valence-electron chi connectivity index (χ3n) is 12.4. The van der Waals surface area contributed by atoms with E-state index in [9.17, 15) is 14.4 Å². The summed E-state index contributed by atoms with van der Waals surface area (Å²) in [6.07, 6.45) is 4.62. The van der Waals surface area contributed by atoms with Crippen molar-refractivity contribution in [3.05, 3.63) is 34.4 Å². The molecule has 6 aliphatic rings. The number of carbonyl (C=O) groups is 1. The standard InChI is InChI=1S/C38H38ClF3N8O3S/c39-27-25(21-5-6-23(41)33-24(21)22(14-43)34(44)54-33)28(42)30-26-32(27)52-12-2-10-50(20-7-11-48(16-20)36(51)31-29(45-31)18-3-4-18)35(26)47-37(46-30)53-17-38-8-1-9-49(38)15-19(40)13-38/h5-6,18-20,29,31,45H,1-4,7-13,15-17,44H2/t19-,20?,29?,31?,38+/m1/s1. The van der Waals surface area contributed by atoms with Crippen molar-refractivity contribution in [2.24, 2.45) is 5.92 Å². The Morgan fingerprint density at radius 1 is 1.17 bits per heavy atom. The second kappa shape index (κ2) is 12.7. The quantitative estimate of drug-likeness (QED) is 0.222. The number of alkyl halides is 1. The van der Waals surface area contributed by atoms with E-state index >= 15 is 8.78 Å². The number of rotatable bonds is 7. The summed E-state index contributed by atoms with van der Waals surface area (Å²) in [6.45, 7) is 3.05. The zero-order valence-corrected chi connectivity index (χ0v) is 30.9. The first-order valence-electron chi connectivity index (χ1n) is 18.8. The second-order valence-corrected chi connectivity index (χ2v) is 17.1. The number of benzene rings is 2. The Morgan fingerprint density at radius 2 is 2.02 bits per heavy atom. The first kappa shape index (κ1) is 34.4. The highest BCUT2D eigenvalue weighted by molar-refractivity contribution is 7.23. The fourth-order valence-electron chi connectivity index (χ4n) is 9.54. The van der Waals surface area contributed by atoms with Crippen LogP contribution in [0.25, 0.3) is 32.1 Å². The number of aromatic nitrogens is 2. The lowest BCUT2D eigenvalue weighted by atomic mass is 9.95. The van der Waals surface area contributed by atoms with Gasteiger partial charge in [0.25, 0.3) is 0 Å². The van der Waals surface area contributed by atoms with E-state index in [4.69, 9.17) is 31.8 Å². The lowest BCUT2D eigenvalue weighted by molar-refractivity contribution is -0.129. The van der Waals surface area contributed by atoms with E-state index in [1.165, 1.54) is 12.1 Å². The van der Waals surface area contributed by atoms with Crippen LogP contribution < -0.4 is 25.4 Å². The normalized spacial score (nSPS) is 27.9. The Hall–Kier alpha value is -4.10. The predicted octanol–water partition coefficient (Wildman–Crippen LogP) is 5.79. The van der Waals surface area contributed by atoms with Gasteiger partial charge in [0.1, 0.15) is 47.0 Å². The van der Waals surface area contributed by atoms with Gasteiger partial charge in [0.05, 0.1) is 32.8 Å². The van der Waals surface area contributed by atoms with Gasteiger partial charge in [-0.3, -0.25) is 15.0 Å². The van der Waals surface area contributed by atoms with Gasteiger partial charge in [-0.15, -0.1) is 11.3 Å². The van der Waals surface area contributed by atoms with Crippen molar-refractivity contribution in [1.82, 2.24) is 25.1 Å². The van der Waals surface area contributed by atoms with Crippen molar-refractivity contribution in [2.45, 2.75) is 74.8 Å². The largest absolute Gasteiger partial charge is 0.491 e. The third kappa shape index (κ3) is 5.38. The number of nitrogens with zero attached hydrogens (tertiary/aromatic N) is 6. The Labute approximate surface area is 318 Å². The van der Waals surface area contributed by atoms with E-state index in [0.717, 1.165) is 43.6 Å². The first-order valence-corrected chi connectivity index (χ1v) is 19.9. The molecule has 3 N–H and O–H groups in total. The van der Waals surface area contributed by atoms with Crippen LogP contribution in [0.3, 0.4) is 0 Å². The summed E-state index contributed by atoms with van der Waals surface area (Å²) in [7, 11) is 0. The number of nitrogens with two attached hydrogens (primary N) is 1. The molecular weight excluding hydrogens is 741 g/mol. The topological polar surface area (TPSA) is 143 Å². The highest BCUT2D eigenvalue weighted by Crippen LogP contribution is 2.51. The highest BCUT2D eigenvalue weighted by atomic mass is 35.5. The summed E-state index contributed by atoms with van der Waals surface area (Å²) < 4.78 is 60.1. The molecule has 10 rings (SSSR count). The molecule has 282 valence electrons.